The lowest BCUT2D eigenvalue weighted by Crippen LogP contribution is -2.34. The molecule has 1 heterocycles. The summed E-state index contributed by atoms with van der Waals surface area (Å²) in [6, 6.07) is 19.5. The predicted octanol–water partition coefficient (Wildman–Crippen LogP) is 3.58. The smallest absolute Gasteiger partial charge is 0.251 e. The molecule has 4 rings (SSSR count). The first-order valence-corrected chi connectivity index (χ1v) is 8.33. The SMILES string of the molecule is COc1ccc2c(c1)C[C@@H](CNC(=O)c1ccc3ccccc3c1)O2. The molecule has 0 unspecified atom stereocenters. The predicted molar refractivity (Wildman–Crippen MR) is 97.4 cm³/mol. The maximum Gasteiger partial charge on any atom is 0.251 e. The summed E-state index contributed by atoms with van der Waals surface area (Å²) in [5.41, 5.74) is 1.78. The number of nitrogens with one attached hydrogen (secondary N) is 1. The summed E-state index contributed by atoms with van der Waals surface area (Å²) >= 11 is 0. The first kappa shape index (κ1) is 15.5. The largest absolute Gasteiger partial charge is 0.497 e. The zero-order chi connectivity index (χ0) is 17.2. The highest BCUT2D eigenvalue weighted by molar-refractivity contribution is 5.98. The maximum absolute atomic E-state index is 12.4. The zero-order valence-corrected chi connectivity index (χ0v) is 14.0. The van der Waals surface area contributed by atoms with Crippen LogP contribution >= 0.6 is 0 Å². The van der Waals surface area contributed by atoms with Crippen LogP contribution in [0.3, 0.4) is 0 Å². The Bertz CT molecular complexity index is 935. The topological polar surface area (TPSA) is 47.6 Å². The van der Waals surface area contributed by atoms with Crippen molar-refractivity contribution in [3.8, 4) is 11.5 Å². The van der Waals surface area contributed by atoms with Crippen LogP contribution in [0.5, 0.6) is 11.5 Å². The fraction of sp³-hybridized carbons (Fsp3) is 0.190. The van der Waals surface area contributed by atoms with Gasteiger partial charge in [-0.15, -0.1) is 0 Å². The Morgan fingerprint density at radius 3 is 2.80 bits per heavy atom. The Hall–Kier alpha value is -3.01. The number of carbonyl (C=O) groups excluding carboxylic acids is 1. The van der Waals surface area contributed by atoms with Crippen molar-refractivity contribution in [3.63, 3.8) is 0 Å². The van der Waals surface area contributed by atoms with Gasteiger partial charge in [0.2, 0.25) is 0 Å². The molecule has 1 N–H and O–H groups in total. The van der Waals surface area contributed by atoms with Crippen molar-refractivity contribution < 1.29 is 14.3 Å². The monoisotopic (exact) mass is 333 g/mol. The van der Waals surface area contributed by atoms with Gasteiger partial charge in [0.25, 0.3) is 5.91 Å². The van der Waals surface area contributed by atoms with Gasteiger partial charge in [-0.05, 0) is 41.1 Å². The van der Waals surface area contributed by atoms with Gasteiger partial charge < -0.3 is 14.8 Å². The molecule has 4 nitrogen and oxygen atoms in total. The molecule has 3 aromatic rings. The quantitative estimate of drug-likeness (QED) is 0.794. The molecule has 0 aromatic heterocycles. The molecule has 1 aliphatic heterocycles. The number of fused-ring (bicyclic) bond motifs is 2. The van der Waals surface area contributed by atoms with E-state index < -0.39 is 0 Å². The van der Waals surface area contributed by atoms with E-state index in [-0.39, 0.29) is 12.0 Å². The van der Waals surface area contributed by atoms with E-state index in [1.807, 2.05) is 60.7 Å². The van der Waals surface area contributed by atoms with E-state index in [9.17, 15) is 4.79 Å². The number of hydrogen-bond donors (Lipinski definition) is 1. The van der Waals surface area contributed by atoms with Crippen molar-refractivity contribution in [3.05, 3.63) is 71.8 Å². The summed E-state index contributed by atoms with van der Waals surface area (Å²) in [6.07, 6.45) is 0.719. The average Bonchev–Trinajstić information content (AvgIpc) is 3.07. The van der Waals surface area contributed by atoms with Crippen LogP contribution in [0.1, 0.15) is 15.9 Å². The van der Waals surface area contributed by atoms with Crippen molar-refractivity contribution >= 4 is 16.7 Å². The van der Waals surface area contributed by atoms with Gasteiger partial charge in [-0.1, -0.05) is 30.3 Å². The number of carbonyl (C=O) groups is 1. The van der Waals surface area contributed by atoms with E-state index in [4.69, 9.17) is 9.47 Å². The van der Waals surface area contributed by atoms with Crippen LogP contribution in [0.2, 0.25) is 0 Å². The van der Waals surface area contributed by atoms with Crippen LogP contribution in [0.25, 0.3) is 10.8 Å². The molecule has 1 amide bonds. The highest BCUT2D eigenvalue weighted by atomic mass is 16.5. The summed E-state index contributed by atoms with van der Waals surface area (Å²) in [7, 11) is 1.65. The van der Waals surface area contributed by atoms with Gasteiger partial charge >= 0.3 is 0 Å². The lowest BCUT2D eigenvalue weighted by Gasteiger charge is -2.12. The van der Waals surface area contributed by atoms with Crippen LogP contribution in [-0.2, 0) is 6.42 Å². The molecule has 1 atom stereocenters. The molecule has 25 heavy (non-hydrogen) atoms. The summed E-state index contributed by atoms with van der Waals surface area (Å²) < 4.78 is 11.1. The van der Waals surface area contributed by atoms with E-state index in [1.165, 1.54) is 0 Å². The third-order valence-electron chi connectivity index (χ3n) is 4.51. The lowest BCUT2D eigenvalue weighted by molar-refractivity contribution is 0.0933. The van der Waals surface area contributed by atoms with Crippen LogP contribution in [0, 0.1) is 0 Å². The molecule has 0 saturated heterocycles. The van der Waals surface area contributed by atoms with Gasteiger partial charge in [0.05, 0.1) is 13.7 Å². The standard InChI is InChI=1S/C21H19NO3/c1-24-18-8-9-20-17(11-18)12-19(25-20)13-22-21(23)16-7-6-14-4-2-3-5-15(14)10-16/h2-11,19H,12-13H2,1H3,(H,22,23)/t19-/m0/s1. The molecular formula is C21H19NO3. The molecule has 0 radical (unpaired) electrons. The van der Waals surface area contributed by atoms with Crippen LogP contribution < -0.4 is 14.8 Å². The Balaban J connectivity index is 1.40. The fourth-order valence-corrected chi connectivity index (χ4v) is 3.18. The zero-order valence-electron chi connectivity index (χ0n) is 14.0. The summed E-state index contributed by atoms with van der Waals surface area (Å²) in [5.74, 6) is 1.61. The summed E-state index contributed by atoms with van der Waals surface area (Å²) in [4.78, 5) is 12.4. The number of amides is 1. The normalized spacial score (nSPS) is 15.5. The second kappa shape index (κ2) is 6.48. The maximum atomic E-state index is 12.4. The Labute approximate surface area is 146 Å². The minimum atomic E-state index is -0.0807. The van der Waals surface area contributed by atoms with E-state index >= 15 is 0 Å². The van der Waals surface area contributed by atoms with Gasteiger partial charge in [0, 0.05) is 17.5 Å². The molecule has 0 aliphatic carbocycles. The number of ether oxygens (including phenoxy) is 2. The van der Waals surface area contributed by atoms with E-state index in [1.54, 1.807) is 7.11 Å². The number of methoxy groups -OCH3 is 1. The van der Waals surface area contributed by atoms with Crippen molar-refractivity contribution in [1.82, 2.24) is 5.32 Å². The molecule has 0 spiro atoms. The second-order valence-corrected chi connectivity index (χ2v) is 6.19. The van der Waals surface area contributed by atoms with Gasteiger partial charge in [-0.25, -0.2) is 0 Å². The number of benzene rings is 3. The third-order valence-corrected chi connectivity index (χ3v) is 4.51. The Morgan fingerprint density at radius 1 is 1.12 bits per heavy atom. The van der Waals surface area contributed by atoms with Gasteiger partial charge in [0.15, 0.2) is 0 Å². The first-order chi connectivity index (χ1) is 12.2. The fourth-order valence-electron chi connectivity index (χ4n) is 3.18. The molecule has 3 aromatic carbocycles. The van der Waals surface area contributed by atoms with Crippen LogP contribution in [0.15, 0.2) is 60.7 Å². The van der Waals surface area contributed by atoms with Gasteiger partial charge in [-0.3, -0.25) is 4.79 Å². The molecule has 0 saturated carbocycles. The van der Waals surface area contributed by atoms with E-state index in [0.29, 0.717) is 12.1 Å². The lowest BCUT2D eigenvalue weighted by atomic mass is 10.1. The highest BCUT2D eigenvalue weighted by Gasteiger charge is 2.23. The van der Waals surface area contributed by atoms with Crippen molar-refractivity contribution in [2.45, 2.75) is 12.5 Å². The first-order valence-electron chi connectivity index (χ1n) is 8.33. The van der Waals surface area contributed by atoms with Crippen molar-refractivity contribution in [2.75, 3.05) is 13.7 Å². The highest BCUT2D eigenvalue weighted by Crippen LogP contribution is 2.31. The second-order valence-electron chi connectivity index (χ2n) is 6.19. The number of hydrogen-bond acceptors (Lipinski definition) is 3. The Morgan fingerprint density at radius 2 is 1.96 bits per heavy atom. The molecule has 1 aliphatic rings. The molecule has 0 bridgehead atoms. The average molecular weight is 333 g/mol. The Kier molecular flexibility index (Phi) is 4.02. The summed E-state index contributed by atoms with van der Waals surface area (Å²) in [5, 5.41) is 5.16. The molecular weight excluding hydrogens is 314 g/mol. The van der Waals surface area contributed by atoms with E-state index in [2.05, 4.69) is 5.32 Å². The minimum Gasteiger partial charge on any atom is -0.497 e. The van der Waals surface area contributed by atoms with Gasteiger partial charge in [0.1, 0.15) is 17.6 Å². The minimum absolute atomic E-state index is 0.0495. The molecule has 126 valence electrons. The van der Waals surface area contributed by atoms with Crippen LogP contribution in [-0.4, -0.2) is 25.7 Å². The third kappa shape index (κ3) is 3.15. The van der Waals surface area contributed by atoms with Crippen molar-refractivity contribution in [1.29, 1.82) is 0 Å². The van der Waals surface area contributed by atoms with Crippen LogP contribution in [0.4, 0.5) is 0 Å². The van der Waals surface area contributed by atoms with Gasteiger partial charge in [-0.2, -0.15) is 0 Å². The molecule has 0 fully saturated rings. The van der Waals surface area contributed by atoms with E-state index in [0.717, 1.165) is 34.3 Å². The number of rotatable bonds is 4. The summed E-state index contributed by atoms with van der Waals surface area (Å²) in [6.45, 7) is 0.475. The van der Waals surface area contributed by atoms with Crippen molar-refractivity contribution in [2.24, 2.45) is 0 Å². The molecule has 4 heteroatoms.